The maximum absolute atomic E-state index is 12.8. The predicted molar refractivity (Wildman–Crippen MR) is 110 cm³/mol. The molecule has 3 heterocycles. The topological polar surface area (TPSA) is 63.1 Å². The lowest BCUT2D eigenvalue weighted by molar-refractivity contribution is 0.0948. The van der Waals surface area contributed by atoms with Crippen LogP contribution in [0.15, 0.2) is 42.6 Å². The van der Waals surface area contributed by atoms with Crippen molar-refractivity contribution in [3.8, 4) is 0 Å². The van der Waals surface area contributed by atoms with Gasteiger partial charge in [0.2, 0.25) is 0 Å². The normalized spacial score (nSPS) is 20.0. The van der Waals surface area contributed by atoms with Crippen molar-refractivity contribution >= 4 is 16.9 Å². The summed E-state index contributed by atoms with van der Waals surface area (Å²) in [5.41, 5.74) is 3.56. The number of nitrogens with zero attached hydrogens (tertiary/aromatic N) is 4. The van der Waals surface area contributed by atoms with E-state index in [2.05, 4.69) is 57.6 Å². The fourth-order valence-corrected chi connectivity index (χ4v) is 4.16. The van der Waals surface area contributed by atoms with E-state index in [0.717, 1.165) is 36.2 Å². The van der Waals surface area contributed by atoms with Crippen LogP contribution in [0.5, 0.6) is 0 Å². The maximum atomic E-state index is 12.8. The Morgan fingerprint density at radius 2 is 2.07 bits per heavy atom. The Balaban J connectivity index is 1.39. The van der Waals surface area contributed by atoms with Gasteiger partial charge in [-0.2, -0.15) is 5.10 Å². The van der Waals surface area contributed by atoms with Gasteiger partial charge in [-0.05, 0) is 37.8 Å². The third-order valence-corrected chi connectivity index (χ3v) is 5.65. The molecule has 0 bridgehead atoms. The minimum atomic E-state index is -0.0438. The van der Waals surface area contributed by atoms with Gasteiger partial charge in [0.15, 0.2) is 5.65 Å². The Bertz CT molecular complexity index is 981. The summed E-state index contributed by atoms with van der Waals surface area (Å²) in [7, 11) is 1.84. The predicted octanol–water partition coefficient (Wildman–Crippen LogP) is 2.92. The molecule has 6 heteroatoms. The van der Waals surface area contributed by atoms with Gasteiger partial charge < -0.3 is 5.32 Å². The van der Waals surface area contributed by atoms with Gasteiger partial charge in [-0.15, -0.1) is 0 Å². The van der Waals surface area contributed by atoms with Crippen molar-refractivity contribution in [2.75, 3.05) is 13.1 Å². The van der Waals surface area contributed by atoms with Crippen molar-refractivity contribution < 1.29 is 4.79 Å². The summed E-state index contributed by atoms with van der Waals surface area (Å²) in [5.74, 6) is 0.424. The van der Waals surface area contributed by atoms with Crippen LogP contribution in [0, 0.1) is 12.8 Å². The fourth-order valence-electron chi connectivity index (χ4n) is 4.16. The van der Waals surface area contributed by atoms with Gasteiger partial charge in [0.25, 0.3) is 5.91 Å². The average molecular weight is 377 g/mol. The third kappa shape index (κ3) is 3.78. The zero-order valence-corrected chi connectivity index (χ0v) is 16.7. The van der Waals surface area contributed by atoms with Crippen LogP contribution in [-0.4, -0.2) is 44.7 Å². The van der Waals surface area contributed by atoms with E-state index < -0.39 is 0 Å². The number of rotatable bonds is 5. The Morgan fingerprint density at radius 1 is 1.29 bits per heavy atom. The van der Waals surface area contributed by atoms with Crippen LogP contribution < -0.4 is 5.32 Å². The monoisotopic (exact) mass is 377 g/mol. The van der Waals surface area contributed by atoms with Crippen molar-refractivity contribution in [2.24, 2.45) is 13.0 Å². The maximum Gasteiger partial charge on any atom is 0.252 e. The number of amides is 1. The Labute approximate surface area is 165 Å². The summed E-state index contributed by atoms with van der Waals surface area (Å²) >= 11 is 0. The SMILES string of the molecule is Cc1cc(C(=O)NC[C@H]2C[C@H](C)N(Cc3ccccc3)C2)c2cnn(C)c2n1. The molecule has 1 aromatic carbocycles. The highest BCUT2D eigenvalue weighted by atomic mass is 16.1. The van der Waals surface area contributed by atoms with Crippen LogP contribution in [0.2, 0.25) is 0 Å². The van der Waals surface area contributed by atoms with Gasteiger partial charge in [-0.1, -0.05) is 30.3 Å². The van der Waals surface area contributed by atoms with Gasteiger partial charge in [-0.25, -0.2) is 4.98 Å². The number of likely N-dealkylation sites (tertiary alicyclic amines) is 1. The molecule has 0 saturated carbocycles. The minimum absolute atomic E-state index is 0.0438. The number of pyridine rings is 1. The highest BCUT2D eigenvalue weighted by molar-refractivity contribution is 6.05. The summed E-state index contributed by atoms with van der Waals surface area (Å²) in [5, 5.41) is 8.19. The van der Waals surface area contributed by atoms with Crippen LogP contribution in [0.4, 0.5) is 0 Å². The van der Waals surface area contributed by atoms with E-state index in [1.165, 1.54) is 5.56 Å². The van der Waals surface area contributed by atoms with E-state index in [1.54, 1.807) is 10.9 Å². The van der Waals surface area contributed by atoms with Gasteiger partial charge in [-0.3, -0.25) is 14.4 Å². The van der Waals surface area contributed by atoms with Crippen molar-refractivity contribution in [3.63, 3.8) is 0 Å². The molecule has 146 valence electrons. The second kappa shape index (κ2) is 7.72. The lowest BCUT2D eigenvalue weighted by atomic mass is 10.1. The highest BCUT2D eigenvalue weighted by Gasteiger charge is 2.29. The molecule has 1 saturated heterocycles. The Morgan fingerprint density at radius 3 is 2.86 bits per heavy atom. The van der Waals surface area contributed by atoms with Crippen molar-refractivity contribution in [2.45, 2.75) is 32.9 Å². The number of aromatic nitrogens is 3. The number of hydrogen-bond donors (Lipinski definition) is 1. The lowest BCUT2D eigenvalue weighted by Crippen LogP contribution is -2.31. The van der Waals surface area contributed by atoms with Gasteiger partial charge in [0.1, 0.15) is 0 Å². The van der Waals surface area contributed by atoms with Crippen LogP contribution in [0.25, 0.3) is 11.0 Å². The molecule has 2 aromatic heterocycles. The van der Waals surface area contributed by atoms with Gasteiger partial charge in [0, 0.05) is 38.4 Å². The Kier molecular flexibility index (Phi) is 5.13. The summed E-state index contributed by atoms with van der Waals surface area (Å²) in [6, 6.07) is 12.9. The second-order valence-corrected chi connectivity index (χ2v) is 7.89. The number of benzene rings is 1. The zero-order chi connectivity index (χ0) is 19.7. The van der Waals surface area contributed by atoms with E-state index in [0.29, 0.717) is 24.1 Å². The molecule has 28 heavy (non-hydrogen) atoms. The number of nitrogens with one attached hydrogen (secondary N) is 1. The van der Waals surface area contributed by atoms with Gasteiger partial charge >= 0.3 is 0 Å². The van der Waals surface area contributed by atoms with E-state index in [4.69, 9.17) is 0 Å². The molecule has 6 nitrogen and oxygen atoms in total. The van der Waals surface area contributed by atoms with Gasteiger partial charge in [0.05, 0.1) is 17.1 Å². The molecular formula is C22H27N5O. The molecule has 0 radical (unpaired) electrons. The fraction of sp³-hybridized carbons (Fsp3) is 0.409. The summed E-state index contributed by atoms with van der Waals surface area (Å²) < 4.78 is 1.71. The molecule has 1 N–H and O–H groups in total. The molecule has 3 aromatic rings. The number of fused-ring (bicyclic) bond motifs is 1. The molecule has 0 spiro atoms. The average Bonchev–Trinajstić information content (AvgIpc) is 3.23. The molecule has 1 amide bonds. The van der Waals surface area contributed by atoms with Crippen molar-refractivity contribution in [1.29, 1.82) is 0 Å². The first kappa shape index (κ1) is 18.6. The number of carbonyl (C=O) groups excluding carboxylic acids is 1. The summed E-state index contributed by atoms with van der Waals surface area (Å²) in [6.07, 6.45) is 2.82. The van der Waals surface area contributed by atoms with E-state index in [-0.39, 0.29) is 5.91 Å². The lowest BCUT2D eigenvalue weighted by Gasteiger charge is -2.21. The molecule has 4 rings (SSSR count). The molecule has 0 aliphatic carbocycles. The van der Waals surface area contributed by atoms with E-state index in [1.807, 2.05) is 20.0 Å². The first-order valence-corrected chi connectivity index (χ1v) is 9.87. The number of hydrogen-bond acceptors (Lipinski definition) is 4. The first-order valence-electron chi connectivity index (χ1n) is 9.87. The van der Waals surface area contributed by atoms with Crippen molar-refractivity contribution in [3.05, 3.63) is 59.4 Å². The van der Waals surface area contributed by atoms with Crippen molar-refractivity contribution in [1.82, 2.24) is 25.0 Å². The number of aryl methyl sites for hydroxylation is 2. The minimum Gasteiger partial charge on any atom is -0.352 e. The molecule has 2 atom stereocenters. The zero-order valence-electron chi connectivity index (χ0n) is 16.7. The van der Waals surface area contributed by atoms with Crippen LogP contribution in [-0.2, 0) is 13.6 Å². The second-order valence-electron chi connectivity index (χ2n) is 7.89. The molecule has 1 aliphatic rings. The Hall–Kier alpha value is -2.73. The summed E-state index contributed by atoms with van der Waals surface area (Å²) in [6.45, 7) is 6.84. The standard InChI is InChI=1S/C22H27N5O/c1-15-9-19(20-12-24-26(3)21(20)25-15)22(28)23-11-18-10-16(2)27(14-18)13-17-7-5-4-6-8-17/h4-9,12,16,18H,10-11,13-14H2,1-3H3,(H,23,28)/t16-,18+/m0/s1. The molecule has 1 aliphatic heterocycles. The molecule has 1 fully saturated rings. The third-order valence-electron chi connectivity index (χ3n) is 5.65. The van der Waals surface area contributed by atoms with Crippen LogP contribution in [0.1, 0.15) is 35.0 Å². The van der Waals surface area contributed by atoms with Crippen LogP contribution >= 0.6 is 0 Å². The number of carbonyl (C=O) groups is 1. The highest BCUT2D eigenvalue weighted by Crippen LogP contribution is 2.25. The molecular weight excluding hydrogens is 350 g/mol. The first-order chi connectivity index (χ1) is 13.5. The summed E-state index contributed by atoms with van der Waals surface area (Å²) in [4.78, 5) is 19.8. The smallest absolute Gasteiger partial charge is 0.252 e. The van der Waals surface area contributed by atoms with Crippen LogP contribution in [0.3, 0.4) is 0 Å². The molecule has 0 unspecified atom stereocenters. The van der Waals surface area contributed by atoms with E-state index >= 15 is 0 Å². The largest absolute Gasteiger partial charge is 0.352 e. The van der Waals surface area contributed by atoms with E-state index in [9.17, 15) is 4.79 Å². The quantitative estimate of drug-likeness (QED) is 0.743.